The lowest BCUT2D eigenvalue weighted by Crippen LogP contribution is -2.37. The summed E-state index contributed by atoms with van der Waals surface area (Å²) in [6.07, 6.45) is 6.23. The topological polar surface area (TPSA) is 50.3 Å². The predicted molar refractivity (Wildman–Crippen MR) is 80.8 cm³/mol. The third-order valence-electron chi connectivity index (χ3n) is 3.63. The fourth-order valence-corrected chi connectivity index (χ4v) is 2.44. The Morgan fingerprint density at radius 3 is 2.75 bits per heavy atom. The zero-order valence-electron chi connectivity index (χ0n) is 12.8. The maximum absolute atomic E-state index is 5.40. The van der Waals surface area contributed by atoms with Gasteiger partial charge >= 0.3 is 0 Å². The fraction of sp³-hybridized carbons (Fsp3) is 0.733. The van der Waals surface area contributed by atoms with Gasteiger partial charge < -0.3 is 15.0 Å². The molecule has 1 aromatic rings. The Morgan fingerprint density at radius 1 is 1.35 bits per heavy atom. The maximum atomic E-state index is 5.40. The monoisotopic (exact) mass is 278 g/mol. The van der Waals surface area contributed by atoms with Crippen molar-refractivity contribution in [1.29, 1.82) is 0 Å². The van der Waals surface area contributed by atoms with Crippen LogP contribution in [0.5, 0.6) is 0 Å². The summed E-state index contributed by atoms with van der Waals surface area (Å²) in [6.45, 7) is 8.19. The van der Waals surface area contributed by atoms with Crippen LogP contribution in [0.2, 0.25) is 0 Å². The van der Waals surface area contributed by atoms with Crippen molar-refractivity contribution in [2.75, 3.05) is 31.6 Å². The molecule has 0 bridgehead atoms. The molecule has 5 nitrogen and oxygen atoms in total. The Bertz CT molecular complexity index is 403. The summed E-state index contributed by atoms with van der Waals surface area (Å²) in [5.41, 5.74) is 1.01. The lowest BCUT2D eigenvalue weighted by Gasteiger charge is -2.31. The summed E-state index contributed by atoms with van der Waals surface area (Å²) in [6, 6.07) is 0. The number of rotatable bonds is 6. The van der Waals surface area contributed by atoms with E-state index in [1.807, 2.05) is 12.4 Å². The molecule has 0 amide bonds. The number of nitrogens with zero attached hydrogens (tertiary/aromatic N) is 3. The van der Waals surface area contributed by atoms with E-state index in [4.69, 9.17) is 9.72 Å². The lowest BCUT2D eigenvalue weighted by atomic mass is 10.1. The molecule has 2 rings (SSSR count). The van der Waals surface area contributed by atoms with Gasteiger partial charge in [0.2, 0.25) is 0 Å². The molecule has 1 saturated heterocycles. The molecule has 1 aromatic heterocycles. The molecular weight excluding hydrogens is 252 g/mol. The van der Waals surface area contributed by atoms with Gasteiger partial charge in [0, 0.05) is 32.9 Å². The molecule has 0 spiro atoms. The Hall–Kier alpha value is -1.20. The van der Waals surface area contributed by atoms with Crippen LogP contribution in [0.15, 0.2) is 12.4 Å². The smallest absolute Gasteiger partial charge is 0.147 e. The van der Waals surface area contributed by atoms with Gasteiger partial charge in [0.05, 0.1) is 18.0 Å². The van der Waals surface area contributed by atoms with E-state index in [0.29, 0.717) is 12.0 Å². The average Bonchev–Trinajstić information content (AvgIpc) is 2.47. The van der Waals surface area contributed by atoms with E-state index in [1.165, 1.54) is 0 Å². The molecule has 5 heteroatoms. The summed E-state index contributed by atoms with van der Waals surface area (Å²) in [4.78, 5) is 11.3. The molecule has 0 aliphatic carbocycles. The van der Waals surface area contributed by atoms with Crippen LogP contribution in [0.25, 0.3) is 0 Å². The van der Waals surface area contributed by atoms with E-state index in [-0.39, 0.29) is 0 Å². The average molecular weight is 278 g/mol. The van der Waals surface area contributed by atoms with Gasteiger partial charge in [-0.25, -0.2) is 4.98 Å². The molecule has 0 saturated carbocycles. The minimum atomic E-state index is 0.398. The fourth-order valence-electron chi connectivity index (χ4n) is 2.44. The number of anilines is 1. The number of piperidine rings is 1. The molecule has 0 atom stereocenters. The highest BCUT2D eigenvalue weighted by molar-refractivity contribution is 5.36. The van der Waals surface area contributed by atoms with Gasteiger partial charge in [0.15, 0.2) is 0 Å². The third kappa shape index (κ3) is 4.42. The number of aromatic nitrogens is 2. The largest absolute Gasteiger partial charge is 0.381 e. The van der Waals surface area contributed by atoms with E-state index in [0.717, 1.165) is 50.5 Å². The van der Waals surface area contributed by atoms with Crippen LogP contribution in [0, 0.1) is 5.92 Å². The Morgan fingerprint density at radius 2 is 2.10 bits per heavy atom. The summed E-state index contributed by atoms with van der Waals surface area (Å²) in [7, 11) is 1.79. The normalized spacial score (nSPS) is 16.9. The van der Waals surface area contributed by atoms with Crippen molar-refractivity contribution in [3.8, 4) is 0 Å². The molecular formula is C15H26N4O. The first-order valence-corrected chi connectivity index (χ1v) is 7.48. The molecule has 20 heavy (non-hydrogen) atoms. The van der Waals surface area contributed by atoms with Gasteiger partial charge in [-0.1, -0.05) is 13.8 Å². The van der Waals surface area contributed by atoms with E-state index < -0.39 is 0 Å². The van der Waals surface area contributed by atoms with E-state index in [9.17, 15) is 0 Å². The van der Waals surface area contributed by atoms with Crippen LogP contribution in [0.3, 0.4) is 0 Å². The van der Waals surface area contributed by atoms with Gasteiger partial charge in [-0.05, 0) is 25.3 Å². The standard InChI is InChI=1S/C15H26N4O/c1-12(2)8-16-9-13-10-17-11-15(18-13)19-6-4-14(20-3)5-7-19/h10-12,14,16H,4-9H2,1-3H3. The highest BCUT2D eigenvalue weighted by Gasteiger charge is 2.19. The summed E-state index contributed by atoms with van der Waals surface area (Å²) >= 11 is 0. The minimum Gasteiger partial charge on any atom is -0.381 e. The van der Waals surface area contributed by atoms with Crippen molar-refractivity contribution in [1.82, 2.24) is 15.3 Å². The second-order valence-electron chi connectivity index (χ2n) is 5.82. The second kappa shape index (κ2) is 7.55. The Labute approximate surface area is 121 Å². The van der Waals surface area contributed by atoms with Crippen molar-refractivity contribution in [3.05, 3.63) is 18.1 Å². The first kappa shape index (κ1) is 15.2. The molecule has 1 N–H and O–H groups in total. The summed E-state index contributed by atoms with van der Waals surface area (Å²) in [5.74, 6) is 1.64. The highest BCUT2D eigenvalue weighted by Crippen LogP contribution is 2.18. The second-order valence-corrected chi connectivity index (χ2v) is 5.82. The molecule has 2 heterocycles. The van der Waals surface area contributed by atoms with Crippen molar-refractivity contribution < 1.29 is 4.74 Å². The number of hydrogen-bond acceptors (Lipinski definition) is 5. The van der Waals surface area contributed by atoms with Crippen LogP contribution < -0.4 is 10.2 Å². The minimum absolute atomic E-state index is 0.398. The Balaban J connectivity index is 1.89. The van der Waals surface area contributed by atoms with Gasteiger partial charge in [0.1, 0.15) is 5.82 Å². The summed E-state index contributed by atoms with van der Waals surface area (Å²) < 4.78 is 5.40. The van der Waals surface area contributed by atoms with Gasteiger partial charge in [-0.15, -0.1) is 0 Å². The molecule has 0 aromatic carbocycles. The molecule has 1 aliphatic heterocycles. The first-order chi connectivity index (χ1) is 9.69. The van der Waals surface area contributed by atoms with Crippen molar-refractivity contribution in [2.45, 2.75) is 39.3 Å². The van der Waals surface area contributed by atoms with Crippen molar-refractivity contribution in [3.63, 3.8) is 0 Å². The van der Waals surface area contributed by atoms with E-state index in [2.05, 4.69) is 29.0 Å². The highest BCUT2D eigenvalue weighted by atomic mass is 16.5. The Kier molecular flexibility index (Phi) is 5.73. The van der Waals surface area contributed by atoms with Gasteiger partial charge in [-0.2, -0.15) is 0 Å². The number of ether oxygens (including phenoxy) is 1. The van der Waals surface area contributed by atoms with Crippen LogP contribution >= 0.6 is 0 Å². The number of hydrogen-bond donors (Lipinski definition) is 1. The van der Waals surface area contributed by atoms with Crippen LogP contribution in [0.4, 0.5) is 5.82 Å². The molecule has 1 fully saturated rings. The lowest BCUT2D eigenvalue weighted by molar-refractivity contribution is 0.0818. The predicted octanol–water partition coefficient (Wildman–Crippen LogP) is 1.84. The zero-order chi connectivity index (χ0) is 14.4. The van der Waals surface area contributed by atoms with Crippen LogP contribution in [-0.2, 0) is 11.3 Å². The van der Waals surface area contributed by atoms with Crippen LogP contribution in [0.1, 0.15) is 32.4 Å². The van der Waals surface area contributed by atoms with Gasteiger partial charge in [0.25, 0.3) is 0 Å². The quantitative estimate of drug-likeness (QED) is 0.860. The van der Waals surface area contributed by atoms with E-state index in [1.54, 1.807) is 7.11 Å². The SMILES string of the molecule is COC1CCN(c2cncc(CNCC(C)C)n2)CC1. The van der Waals surface area contributed by atoms with E-state index >= 15 is 0 Å². The third-order valence-corrected chi connectivity index (χ3v) is 3.63. The molecule has 0 unspecified atom stereocenters. The first-order valence-electron chi connectivity index (χ1n) is 7.48. The van der Waals surface area contributed by atoms with Crippen LogP contribution in [-0.4, -0.2) is 42.8 Å². The van der Waals surface area contributed by atoms with Crippen molar-refractivity contribution >= 4 is 5.82 Å². The number of nitrogens with one attached hydrogen (secondary N) is 1. The van der Waals surface area contributed by atoms with Gasteiger partial charge in [-0.3, -0.25) is 4.98 Å². The zero-order valence-corrected chi connectivity index (χ0v) is 12.8. The van der Waals surface area contributed by atoms with Crippen molar-refractivity contribution in [2.24, 2.45) is 5.92 Å². The molecule has 1 aliphatic rings. The summed E-state index contributed by atoms with van der Waals surface area (Å²) in [5, 5.41) is 3.41. The molecule has 0 radical (unpaired) electrons. The molecule has 112 valence electrons. The number of methoxy groups -OCH3 is 1. The maximum Gasteiger partial charge on any atom is 0.147 e.